The van der Waals surface area contributed by atoms with Crippen LogP contribution in [0.4, 0.5) is 0 Å². The number of nitrogens with zero attached hydrogens (tertiary/aromatic N) is 2. The molecule has 0 aromatic carbocycles. The second-order valence-corrected chi connectivity index (χ2v) is 14.9. The van der Waals surface area contributed by atoms with Crippen LogP contribution in [0.15, 0.2) is 0 Å². The summed E-state index contributed by atoms with van der Waals surface area (Å²) in [6, 6.07) is 1.34. The van der Waals surface area contributed by atoms with Crippen LogP contribution in [-0.2, 0) is 4.74 Å². The third-order valence-electron chi connectivity index (χ3n) is 13.6. The quantitative estimate of drug-likeness (QED) is 0.288. The van der Waals surface area contributed by atoms with E-state index in [0.29, 0.717) is 11.5 Å². The molecule has 6 fully saturated rings. The number of ether oxygens (including phenoxy) is 1. The first-order valence-electron chi connectivity index (χ1n) is 15.1. The van der Waals surface area contributed by atoms with Crippen molar-refractivity contribution in [2.45, 2.75) is 103 Å². The van der Waals surface area contributed by atoms with Gasteiger partial charge in [-0.3, -0.25) is 0 Å². The highest BCUT2D eigenvalue weighted by molar-refractivity contribution is 5.12. The maximum Gasteiger partial charge on any atom is 0.116 e. The fourth-order valence-corrected chi connectivity index (χ4v) is 11.1. The Balaban J connectivity index is 0.00000152. The molecule has 2 saturated heterocycles. The predicted octanol–water partition coefficient (Wildman–Crippen LogP) is -1.15. The molecule has 36 heavy (non-hydrogen) atoms. The number of likely N-dealkylation sites (tertiary alicyclic amines) is 1. The van der Waals surface area contributed by atoms with E-state index in [-0.39, 0.29) is 59.5 Å². The van der Waals surface area contributed by atoms with Gasteiger partial charge in [-0.05, 0) is 86.9 Å². The van der Waals surface area contributed by atoms with E-state index in [0.717, 1.165) is 60.5 Å². The second-order valence-electron chi connectivity index (χ2n) is 14.9. The highest BCUT2D eigenvalue weighted by Crippen LogP contribution is 2.67. The van der Waals surface area contributed by atoms with Crippen molar-refractivity contribution in [2.75, 3.05) is 53.5 Å². The number of halogens is 2. The lowest BCUT2D eigenvalue weighted by molar-refractivity contribution is -0.943. The van der Waals surface area contributed by atoms with Gasteiger partial charge in [0.1, 0.15) is 25.2 Å². The SMILES string of the molecule is C[C@]12CC[C@H]([N+]3(C)CCCCC3)C[C@@H]1CC[C@@H]1[C@@H]2CC[C@]2(C)[C@@H](O)[C@@H]([N+]3(C)CCOCC3)C[C@@H]12.[I-].[I-]. The molecule has 6 aliphatic rings. The van der Waals surface area contributed by atoms with Gasteiger partial charge in [0, 0.05) is 18.3 Å². The minimum atomic E-state index is -0.133. The Morgan fingerprint density at radius 2 is 1.39 bits per heavy atom. The van der Waals surface area contributed by atoms with E-state index in [1.165, 1.54) is 88.2 Å². The summed E-state index contributed by atoms with van der Waals surface area (Å²) < 4.78 is 8.15. The van der Waals surface area contributed by atoms with Crippen LogP contribution in [0.1, 0.15) is 84.5 Å². The number of fused-ring (bicyclic) bond motifs is 5. The van der Waals surface area contributed by atoms with Gasteiger partial charge in [0.2, 0.25) is 0 Å². The van der Waals surface area contributed by atoms with Crippen LogP contribution in [0, 0.1) is 34.5 Å². The number of likely N-dealkylation sites (N-methyl/N-ethyl adjacent to an activating group) is 1. The van der Waals surface area contributed by atoms with Gasteiger partial charge < -0.3 is 66.8 Å². The molecule has 4 aliphatic carbocycles. The molecule has 0 bridgehead atoms. The molecule has 210 valence electrons. The number of piperidine rings is 1. The summed E-state index contributed by atoms with van der Waals surface area (Å²) in [7, 11) is 5.01. The maximum absolute atomic E-state index is 11.8. The second kappa shape index (κ2) is 10.9. The van der Waals surface area contributed by atoms with Gasteiger partial charge in [-0.2, -0.15) is 0 Å². The van der Waals surface area contributed by atoms with E-state index in [4.69, 9.17) is 4.74 Å². The molecule has 2 aliphatic heterocycles. The third kappa shape index (κ3) is 4.67. The molecule has 0 unspecified atom stereocenters. The molecule has 4 nitrogen and oxygen atoms in total. The fraction of sp³-hybridized carbons (Fsp3) is 1.00. The first-order chi connectivity index (χ1) is 16.2. The zero-order chi connectivity index (χ0) is 23.8. The lowest BCUT2D eigenvalue weighted by atomic mass is 9.45. The Morgan fingerprint density at radius 1 is 0.722 bits per heavy atom. The van der Waals surface area contributed by atoms with Crippen molar-refractivity contribution >= 4 is 0 Å². The maximum atomic E-state index is 11.8. The Labute approximate surface area is 255 Å². The monoisotopic (exact) mass is 728 g/mol. The Kier molecular flexibility index (Phi) is 9.20. The van der Waals surface area contributed by atoms with Crippen LogP contribution < -0.4 is 48.0 Å². The van der Waals surface area contributed by atoms with Crippen molar-refractivity contribution < 1.29 is 66.8 Å². The average Bonchev–Trinajstić information content (AvgIpc) is 3.11. The van der Waals surface area contributed by atoms with Crippen LogP contribution in [0.3, 0.4) is 0 Å². The normalized spacial score (nSPS) is 49.4. The van der Waals surface area contributed by atoms with Gasteiger partial charge in [0.25, 0.3) is 0 Å². The number of hydrogen-bond donors (Lipinski definition) is 1. The topological polar surface area (TPSA) is 29.5 Å². The number of rotatable bonds is 2. The van der Waals surface area contributed by atoms with E-state index < -0.39 is 0 Å². The molecule has 9 atom stereocenters. The van der Waals surface area contributed by atoms with Crippen LogP contribution in [0.2, 0.25) is 0 Å². The predicted molar refractivity (Wildman–Crippen MR) is 137 cm³/mol. The largest absolute Gasteiger partial charge is 1.00 e. The van der Waals surface area contributed by atoms with Gasteiger partial charge >= 0.3 is 0 Å². The van der Waals surface area contributed by atoms with E-state index >= 15 is 0 Å². The van der Waals surface area contributed by atoms with Crippen molar-refractivity contribution in [1.82, 2.24) is 0 Å². The summed E-state index contributed by atoms with van der Waals surface area (Å²) in [5.41, 5.74) is 0.689. The van der Waals surface area contributed by atoms with Gasteiger partial charge in [0.05, 0.1) is 46.4 Å². The van der Waals surface area contributed by atoms with E-state index in [1.807, 2.05) is 0 Å². The summed E-state index contributed by atoms with van der Waals surface area (Å²) >= 11 is 0. The first kappa shape index (κ1) is 30.3. The molecule has 0 aromatic rings. The molecular weight excluding hydrogens is 674 g/mol. The smallest absolute Gasteiger partial charge is 0.116 e. The van der Waals surface area contributed by atoms with Crippen molar-refractivity contribution in [2.24, 2.45) is 34.5 Å². The Morgan fingerprint density at radius 3 is 2.08 bits per heavy atom. The number of aliphatic hydroxyl groups is 1. The summed E-state index contributed by atoms with van der Waals surface area (Å²) in [5.74, 6) is 3.42. The van der Waals surface area contributed by atoms with Crippen molar-refractivity contribution in [1.29, 1.82) is 0 Å². The number of morpholine rings is 1. The highest BCUT2D eigenvalue weighted by atomic mass is 127. The van der Waals surface area contributed by atoms with E-state index in [2.05, 4.69) is 27.9 Å². The third-order valence-corrected chi connectivity index (χ3v) is 13.6. The van der Waals surface area contributed by atoms with Crippen LogP contribution in [0.5, 0.6) is 0 Å². The van der Waals surface area contributed by atoms with Crippen molar-refractivity contribution in [3.63, 3.8) is 0 Å². The number of aliphatic hydroxyl groups excluding tert-OH is 1. The molecule has 0 spiro atoms. The van der Waals surface area contributed by atoms with Crippen molar-refractivity contribution in [3.8, 4) is 0 Å². The number of quaternary nitrogens is 2. The van der Waals surface area contributed by atoms with Crippen molar-refractivity contribution in [3.05, 3.63) is 0 Å². The summed E-state index contributed by atoms with van der Waals surface area (Å²) in [5, 5.41) is 11.8. The lowest BCUT2D eigenvalue weighted by Gasteiger charge is -2.61. The zero-order valence-electron chi connectivity index (χ0n) is 23.6. The van der Waals surface area contributed by atoms with E-state index in [9.17, 15) is 5.11 Å². The van der Waals surface area contributed by atoms with Gasteiger partial charge in [-0.1, -0.05) is 13.8 Å². The standard InChI is InChI=1S/C30H54N2O2.2HI/c1-29-12-10-23(31(3)14-6-5-7-15-31)20-22(29)8-9-24-25(29)11-13-30(2)26(24)21-27(28(30)33)32(4)16-18-34-19-17-32;;/h22-28,33H,5-21H2,1-4H3;2*1H/q+2;;/p-2/t22-,23-,24+,25-,26-,27-,28-,29-,30-;;/m0../s1. The fourth-order valence-electron chi connectivity index (χ4n) is 11.1. The molecule has 0 aromatic heterocycles. The van der Waals surface area contributed by atoms with Crippen LogP contribution in [-0.4, -0.2) is 85.7 Å². The van der Waals surface area contributed by atoms with Gasteiger partial charge in [-0.25, -0.2) is 0 Å². The minimum absolute atomic E-state index is 0. The molecule has 0 radical (unpaired) electrons. The Bertz CT molecular complexity index is 770. The summed E-state index contributed by atoms with van der Waals surface area (Å²) in [6.45, 7) is 12.0. The first-order valence-corrected chi connectivity index (χ1v) is 15.1. The zero-order valence-corrected chi connectivity index (χ0v) is 27.9. The molecular formula is C30H54I2N2O2. The Hall–Kier alpha value is 1.30. The van der Waals surface area contributed by atoms with Crippen LogP contribution >= 0.6 is 0 Å². The molecule has 4 saturated carbocycles. The minimum Gasteiger partial charge on any atom is -1.00 e. The molecule has 2 heterocycles. The van der Waals surface area contributed by atoms with Crippen LogP contribution in [0.25, 0.3) is 0 Å². The van der Waals surface area contributed by atoms with E-state index in [1.54, 1.807) is 0 Å². The molecule has 0 amide bonds. The summed E-state index contributed by atoms with van der Waals surface area (Å²) in [6.07, 6.45) is 15.5. The molecule has 1 N–H and O–H groups in total. The summed E-state index contributed by atoms with van der Waals surface area (Å²) in [4.78, 5) is 0. The molecule has 6 rings (SSSR count). The lowest BCUT2D eigenvalue weighted by Crippen LogP contribution is -3.00. The highest BCUT2D eigenvalue weighted by Gasteiger charge is 2.65. The van der Waals surface area contributed by atoms with Gasteiger partial charge in [-0.15, -0.1) is 0 Å². The molecule has 6 heteroatoms. The number of hydrogen-bond acceptors (Lipinski definition) is 2. The van der Waals surface area contributed by atoms with Gasteiger partial charge in [0.15, 0.2) is 0 Å². The average molecular weight is 729 g/mol.